The van der Waals surface area contributed by atoms with Crippen LogP contribution >= 0.6 is 0 Å². The first-order valence-corrected chi connectivity index (χ1v) is 6.59. The summed E-state index contributed by atoms with van der Waals surface area (Å²) in [5.74, 6) is 2.18. The average Bonchev–Trinajstić information content (AvgIpc) is 2.90. The highest BCUT2D eigenvalue weighted by Gasteiger charge is 2.23. The first kappa shape index (κ1) is 11.5. The van der Waals surface area contributed by atoms with Gasteiger partial charge in [-0.05, 0) is 25.7 Å². The van der Waals surface area contributed by atoms with Crippen LogP contribution < -0.4 is 5.73 Å². The largest absolute Gasteiger partial charge is 0.440 e. The van der Waals surface area contributed by atoms with Gasteiger partial charge in [0.1, 0.15) is 0 Å². The quantitative estimate of drug-likeness (QED) is 0.878. The third kappa shape index (κ3) is 2.31. The molecular formula is C15H18N2O. The van der Waals surface area contributed by atoms with Gasteiger partial charge in [-0.3, -0.25) is 0 Å². The van der Waals surface area contributed by atoms with Crippen molar-refractivity contribution in [2.75, 3.05) is 0 Å². The zero-order valence-electron chi connectivity index (χ0n) is 10.4. The zero-order valence-corrected chi connectivity index (χ0v) is 10.4. The fraction of sp³-hybridized carbons (Fsp3) is 0.400. The van der Waals surface area contributed by atoms with Crippen molar-refractivity contribution < 1.29 is 4.42 Å². The number of rotatable bonds is 2. The van der Waals surface area contributed by atoms with E-state index in [9.17, 15) is 0 Å². The van der Waals surface area contributed by atoms with Crippen molar-refractivity contribution in [3.8, 4) is 11.3 Å². The molecule has 2 aromatic rings. The van der Waals surface area contributed by atoms with Crippen molar-refractivity contribution >= 4 is 0 Å². The van der Waals surface area contributed by atoms with Crippen LogP contribution in [0, 0.1) is 0 Å². The molecule has 0 saturated heterocycles. The Hall–Kier alpha value is -1.61. The molecule has 1 aromatic carbocycles. The zero-order chi connectivity index (χ0) is 12.4. The summed E-state index contributed by atoms with van der Waals surface area (Å²) in [7, 11) is 0. The predicted molar refractivity (Wildman–Crippen MR) is 71.1 cm³/mol. The molecule has 1 fully saturated rings. The molecule has 0 amide bonds. The van der Waals surface area contributed by atoms with Gasteiger partial charge in [0, 0.05) is 17.5 Å². The number of nitrogens with zero attached hydrogens (tertiary/aromatic N) is 1. The molecule has 1 aliphatic rings. The molecule has 1 saturated carbocycles. The van der Waals surface area contributed by atoms with E-state index in [1.165, 1.54) is 0 Å². The Morgan fingerprint density at radius 3 is 2.50 bits per heavy atom. The smallest absolute Gasteiger partial charge is 0.198 e. The van der Waals surface area contributed by atoms with Gasteiger partial charge in [-0.1, -0.05) is 30.3 Å². The fourth-order valence-electron chi connectivity index (χ4n) is 2.58. The number of hydrogen-bond donors (Lipinski definition) is 1. The lowest BCUT2D eigenvalue weighted by atomic mass is 9.86. The molecular weight excluding hydrogens is 224 g/mol. The van der Waals surface area contributed by atoms with Crippen LogP contribution in [0.4, 0.5) is 0 Å². The van der Waals surface area contributed by atoms with Crippen LogP contribution in [0.1, 0.15) is 37.5 Å². The van der Waals surface area contributed by atoms with Gasteiger partial charge < -0.3 is 10.2 Å². The minimum atomic E-state index is 0.366. The maximum atomic E-state index is 5.92. The van der Waals surface area contributed by atoms with E-state index in [-0.39, 0.29) is 0 Å². The third-order valence-corrected chi connectivity index (χ3v) is 3.70. The summed E-state index contributed by atoms with van der Waals surface area (Å²) in [5, 5.41) is 0. The maximum absolute atomic E-state index is 5.92. The van der Waals surface area contributed by atoms with E-state index >= 15 is 0 Å². The number of oxazole rings is 1. The lowest BCUT2D eigenvalue weighted by Crippen LogP contribution is -2.25. The Morgan fingerprint density at radius 2 is 1.78 bits per heavy atom. The van der Waals surface area contributed by atoms with Gasteiger partial charge in [0.2, 0.25) is 0 Å². The molecule has 1 aliphatic carbocycles. The molecule has 94 valence electrons. The van der Waals surface area contributed by atoms with Crippen molar-refractivity contribution in [2.45, 2.75) is 37.6 Å². The molecule has 0 unspecified atom stereocenters. The number of hydrogen-bond acceptors (Lipinski definition) is 3. The molecule has 3 rings (SSSR count). The average molecular weight is 242 g/mol. The van der Waals surface area contributed by atoms with Crippen molar-refractivity contribution in [2.24, 2.45) is 5.73 Å². The minimum absolute atomic E-state index is 0.366. The highest BCUT2D eigenvalue weighted by Crippen LogP contribution is 2.33. The van der Waals surface area contributed by atoms with E-state index in [4.69, 9.17) is 10.2 Å². The van der Waals surface area contributed by atoms with Gasteiger partial charge in [0.25, 0.3) is 0 Å². The second kappa shape index (κ2) is 4.94. The second-order valence-corrected chi connectivity index (χ2v) is 5.04. The lowest BCUT2D eigenvalue weighted by molar-refractivity contribution is 0.341. The third-order valence-electron chi connectivity index (χ3n) is 3.70. The van der Waals surface area contributed by atoms with Crippen molar-refractivity contribution in [1.82, 2.24) is 4.98 Å². The van der Waals surface area contributed by atoms with Gasteiger partial charge in [0.05, 0.1) is 6.20 Å². The SMILES string of the molecule is N[C@H]1CC[C@H](c2ncc(-c3ccccc3)o2)CC1. The van der Waals surface area contributed by atoms with Gasteiger partial charge in [-0.2, -0.15) is 0 Å². The second-order valence-electron chi connectivity index (χ2n) is 5.04. The molecule has 18 heavy (non-hydrogen) atoms. The molecule has 1 aromatic heterocycles. The van der Waals surface area contributed by atoms with Crippen molar-refractivity contribution in [3.63, 3.8) is 0 Å². The number of aromatic nitrogens is 1. The molecule has 3 nitrogen and oxygen atoms in total. The highest BCUT2D eigenvalue weighted by molar-refractivity contribution is 5.55. The van der Waals surface area contributed by atoms with Crippen molar-refractivity contribution in [3.05, 3.63) is 42.4 Å². The molecule has 0 spiro atoms. The molecule has 3 heteroatoms. The minimum Gasteiger partial charge on any atom is -0.440 e. The maximum Gasteiger partial charge on any atom is 0.198 e. The van der Waals surface area contributed by atoms with E-state index in [0.29, 0.717) is 12.0 Å². The lowest BCUT2D eigenvalue weighted by Gasteiger charge is -2.23. The van der Waals surface area contributed by atoms with Gasteiger partial charge in [0.15, 0.2) is 11.7 Å². The van der Waals surface area contributed by atoms with E-state index in [0.717, 1.165) is 42.9 Å². The first-order chi connectivity index (χ1) is 8.83. The van der Waals surface area contributed by atoms with Crippen LogP contribution in [0.15, 0.2) is 40.9 Å². The summed E-state index contributed by atoms with van der Waals surface area (Å²) in [6.07, 6.45) is 6.17. The van der Waals surface area contributed by atoms with E-state index < -0.39 is 0 Å². The summed E-state index contributed by atoms with van der Waals surface area (Å²) in [6.45, 7) is 0. The molecule has 2 N–H and O–H groups in total. The van der Waals surface area contributed by atoms with E-state index in [2.05, 4.69) is 4.98 Å². The Bertz CT molecular complexity index is 498. The monoisotopic (exact) mass is 242 g/mol. The topological polar surface area (TPSA) is 52.0 Å². The summed E-state index contributed by atoms with van der Waals surface area (Å²) < 4.78 is 5.89. The van der Waals surface area contributed by atoms with E-state index in [1.54, 1.807) is 0 Å². The van der Waals surface area contributed by atoms with Gasteiger partial charge >= 0.3 is 0 Å². The van der Waals surface area contributed by atoms with Crippen LogP contribution in [0.25, 0.3) is 11.3 Å². The van der Waals surface area contributed by atoms with Crippen LogP contribution in [0.2, 0.25) is 0 Å². The molecule has 0 bridgehead atoms. The van der Waals surface area contributed by atoms with Gasteiger partial charge in [-0.25, -0.2) is 4.98 Å². The Labute approximate surface area is 107 Å². The van der Waals surface area contributed by atoms with Crippen LogP contribution in [0.5, 0.6) is 0 Å². The Balaban J connectivity index is 1.78. The Kier molecular flexibility index (Phi) is 3.15. The van der Waals surface area contributed by atoms with Crippen LogP contribution in [-0.4, -0.2) is 11.0 Å². The van der Waals surface area contributed by atoms with Gasteiger partial charge in [-0.15, -0.1) is 0 Å². The number of benzene rings is 1. The predicted octanol–water partition coefficient (Wildman–Crippen LogP) is 3.33. The van der Waals surface area contributed by atoms with Crippen LogP contribution in [-0.2, 0) is 0 Å². The van der Waals surface area contributed by atoms with Crippen molar-refractivity contribution in [1.29, 1.82) is 0 Å². The molecule has 0 atom stereocenters. The van der Waals surface area contributed by atoms with E-state index in [1.807, 2.05) is 36.5 Å². The number of nitrogens with two attached hydrogens (primary N) is 1. The standard InChI is InChI=1S/C15H18N2O/c16-13-8-6-12(7-9-13)15-17-10-14(18-15)11-4-2-1-3-5-11/h1-5,10,12-13H,6-9,16H2/t12-,13-. The summed E-state index contributed by atoms with van der Waals surface area (Å²) in [5.41, 5.74) is 7.01. The fourth-order valence-corrected chi connectivity index (χ4v) is 2.58. The summed E-state index contributed by atoms with van der Waals surface area (Å²) >= 11 is 0. The molecule has 0 aliphatic heterocycles. The Morgan fingerprint density at radius 1 is 1.06 bits per heavy atom. The molecule has 1 heterocycles. The summed E-state index contributed by atoms with van der Waals surface area (Å²) in [4.78, 5) is 4.43. The normalized spacial score (nSPS) is 24.1. The summed E-state index contributed by atoms with van der Waals surface area (Å²) in [6, 6.07) is 10.5. The first-order valence-electron chi connectivity index (χ1n) is 6.59. The van der Waals surface area contributed by atoms with Crippen LogP contribution in [0.3, 0.4) is 0 Å². The molecule has 0 radical (unpaired) electrons. The highest BCUT2D eigenvalue weighted by atomic mass is 16.4.